The summed E-state index contributed by atoms with van der Waals surface area (Å²) in [5, 5.41) is 0.686. The standard InChI is InChI=1S/C16H12FN3O2S/c17-11-3-5-12(6-4-11)19-9-20-15(21)14(18-16(20)23-10-19)8-13-2-1-7-22-13/h1-8H,9-10H2. The van der Waals surface area contributed by atoms with E-state index in [1.54, 1.807) is 41.5 Å². The van der Waals surface area contributed by atoms with Crippen LogP contribution in [-0.4, -0.2) is 28.5 Å². The number of furan rings is 1. The summed E-state index contributed by atoms with van der Waals surface area (Å²) in [7, 11) is 0. The topological polar surface area (TPSA) is 49.1 Å². The third-order valence-corrected chi connectivity index (χ3v) is 4.60. The van der Waals surface area contributed by atoms with Crippen LogP contribution in [0.3, 0.4) is 0 Å². The minimum absolute atomic E-state index is 0.157. The van der Waals surface area contributed by atoms with E-state index in [2.05, 4.69) is 4.99 Å². The molecule has 0 unspecified atom stereocenters. The summed E-state index contributed by atoms with van der Waals surface area (Å²) in [4.78, 5) is 20.5. The number of hydrogen-bond acceptors (Lipinski definition) is 5. The van der Waals surface area contributed by atoms with Crippen molar-refractivity contribution < 1.29 is 13.6 Å². The summed E-state index contributed by atoms with van der Waals surface area (Å²) >= 11 is 1.48. The van der Waals surface area contributed by atoms with Gasteiger partial charge in [-0.2, -0.15) is 0 Å². The second kappa shape index (κ2) is 5.58. The summed E-state index contributed by atoms with van der Waals surface area (Å²) in [5.41, 5.74) is 1.23. The molecular weight excluding hydrogens is 317 g/mol. The molecule has 0 atom stereocenters. The first-order valence-electron chi connectivity index (χ1n) is 7.00. The highest BCUT2D eigenvalue weighted by Gasteiger charge is 2.35. The minimum Gasteiger partial charge on any atom is -0.465 e. The van der Waals surface area contributed by atoms with Gasteiger partial charge in [0.05, 0.1) is 12.1 Å². The van der Waals surface area contributed by atoms with Gasteiger partial charge in [-0.1, -0.05) is 11.8 Å². The van der Waals surface area contributed by atoms with Gasteiger partial charge < -0.3 is 9.32 Å². The summed E-state index contributed by atoms with van der Waals surface area (Å²) in [5.74, 6) is 0.817. The molecule has 0 radical (unpaired) electrons. The van der Waals surface area contributed by atoms with E-state index in [4.69, 9.17) is 4.42 Å². The van der Waals surface area contributed by atoms with Crippen LogP contribution < -0.4 is 4.90 Å². The Labute approximate surface area is 136 Å². The fraction of sp³-hybridized carbons (Fsp3) is 0.125. The number of amides is 1. The number of benzene rings is 1. The van der Waals surface area contributed by atoms with Crippen LogP contribution in [-0.2, 0) is 4.79 Å². The van der Waals surface area contributed by atoms with Gasteiger partial charge in [0.2, 0.25) is 0 Å². The molecule has 4 rings (SSSR count). The molecule has 1 aromatic carbocycles. The Kier molecular flexibility index (Phi) is 3.42. The van der Waals surface area contributed by atoms with Crippen molar-refractivity contribution in [3.8, 4) is 0 Å². The Balaban J connectivity index is 1.56. The van der Waals surface area contributed by atoms with Gasteiger partial charge in [-0.3, -0.25) is 9.69 Å². The molecule has 1 saturated heterocycles. The van der Waals surface area contributed by atoms with E-state index in [0.717, 1.165) is 5.69 Å². The summed E-state index contributed by atoms with van der Waals surface area (Å²) in [6, 6.07) is 9.78. The average molecular weight is 329 g/mol. The van der Waals surface area contributed by atoms with Gasteiger partial charge >= 0.3 is 0 Å². The molecule has 2 aliphatic rings. The Bertz CT molecular complexity index is 799. The molecule has 0 N–H and O–H groups in total. The van der Waals surface area contributed by atoms with E-state index in [-0.39, 0.29) is 11.7 Å². The van der Waals surface area contributed by atoms with E-state index < -0.39 is 0 Å². The molecule has 2 aliphatic heterocycles. The van der Waals surface area contributed by atoms with E-state index >= 15 is 0 Å². The monoisotopic (exact) mass is 329 g/mol. The molecule has 2 aromatic rings. The minimum atomic E-state index is -0.276. The first kappa shape index (κ1) is 14.1. The summed E-state index contributed by atoms with van der Waals surface area (Å²) in [6.45, 7) is 0.395. The number of carbonyl (C=O) groups excluding carboxylic acids is 1. The summed E-state index contributed by atoms with van der Waals surface area (Å²) in [6.07, 6.45) is 3.19. The van der Waals surface area contributed by atoms with Crippen LogP contribution in [0.1, 0.15) is 5.76 Å². The van der Waals surface area contributed by atoms with Gasteiger partial charge in [-0.05, 0) is 36.4 Å². The lowest BCUT2D eigenvalue weighted by molar-refractivity contribution is -0.122. The van der Waals surface area contributed by atoms with Crippen molar-refractivity contribution in [1.29, 1.82) is 0 Å². The molecule has 0 saturated carbocycles. The maximum atomic E-state index is 13.0. The molecule has 1 amide bonds. The number of fused-ring (bicyclic) bond motifs is 1. The second-order valence-corrected chi connectivity index (χ2v) is 6.02. The lowest BCUT2D eigenvalue weighted by atomic mass is 10.3. The van der Waals surface area contributed by atoms with Gasteiger partial charge in [-0.25, -0.2) is 9.38 Å². The zero-order valence-corrected chi connectivity index (χ0v) is 12.8. The zero-order chi connectivity index (χ0) is 15.8. The Morgan fingerprint density at radius 3 is 2.83 bits per heavy atom. The van der Waals surface area contributed by atoms with Gasteiger partial charge in [0, 0.05) is 11.8 Å². The lowest BCUT2D eigenvalue weighted by Gasteiger charge is -2.34. The van der Waals surface area contributed by atoms with E-state index in [1.165, 1.54) is 23.9 Å². The molecule has 7 heteroatoms. The van der Waals surface area contributed by atoms with E-state index in [9.17, 15) is 9.18 Å². The predicted molar refractivity (Wildman–Crippen MR) is 87.2 cm³/mol. The molecule has 116 valence electrons. The molecule has 1 fully saturated rings. The van der Waals surface area contributed by atoms with Crippen LogP contribution in [0.25, 0.3) is 6.08 Å². The molecule has 1 aromatic heterocycles. The van der Waals surface area contributed by atoms with Gasteiger partial charge in [0.15, 0.2) is 5.17 Å². The number of amidine groups is 1. The first-order chi connectivity index (χ1) is 11.2. The molecule has 0 bridgehead atoms. The SMILES string of the molecule is O=C1C(=Cc2ccco2)N=C2SCN(c3ccc(F)cc3)CN12. The van der Waals surface area contributed by atoms with Crippen LogP contribution >= 0.6 is 11.8 Å². The fourth-order valence-electron chi connectivity index (χ4n) is 2.43. The predicted octanol–water partition coefficient (Wildman–Crippen LogP) is 3.13. The molecule has 5 nitrogen and oxygen atoms in total. The molecule has 23 heavy (non-hydrogen) atoms. The second-order valence-electron chi connectivity index (χ2n) is 5.10. The number of hydrogen-bond donors (Lipinski definition) is 0. The lowest BCUT2D eigenvalue weighted by Crippen LogP contribution is -2.46. The van der Waals surface area contributed by atoms with Crippen molar-refractivity contribution in [2.24, 2.45) is 4.99 Å². The molecule has 0 aliphatic carbocycles. The van der Waals surface area contributed by atoms with Crippen LogP contribution in [0, 0.1) is 5.82 Å². The fourth-order valence-corrected chi connectivity index (χ4v) is 3.39. The van der Waals surface area contributed by atoms with Crippen LogP contribution in [0.2, 0.25) is 0 Å². The number of thioether (sulfide) groups is 1. The number of halogens is 1. The maximum Gasteiger partial charge on any atom is 0.280 e. The van der Waals surface area contributed by atoms with Crippen LogP contribution in [0.4, 0.5) is 10.1 Å². The molecule has 0 spiro atoms. The number of carbonyl (C=O) groups is 1. The third kappa shape index (κ3) is 2.63. The van der Waals surface area contributed by atoms with E-state index in [0.29, 0.717) is 29.2 Å². The highest BCUT2D eigenvalue weighted by molar-refractivity contribution is 8.14. The number of aliphatic imine (C=N–C) groups is 1. The van der Waals surface area contributed by atoms with Crippen molar-refractivity contribution in [2.75, 3.05) is 17.4 Å². The molecular formula is C16H12FN3O2S. The number of rotatable bonds is 2. The van der Waals surface area contributed by atoms with Crippen LogP contribution in [0.5, 0.6) is 0 Å². The smallest absolute Gasteiger partial charge is 0.280 e. The van der Waals surface area contributed by atoms with Crippen molar-refractivity contribution in [3.05, 3.63) is 59.9 Å². The highest BCUT2D eigenvalue weighted by atomic mass is 32.2. The number of nitrogens with zero attached hydrogens (tertiary/aromatic N) is 3. The quantitative estimate of drug-likeness (QED) is 0.794. The van der Waals surface area contributed by atoms with Crippen molar-refractivity contribution in [2.45, 2.75) is 0 Å². The largest absolute Gasteiger partial charge is 0.465 e. The first-order valence-corrected chi connectivity index (χ1v) is 7.98. The zero-order valence-electron chi connectivity index (χ0n) is 12.0. The van der Waals surface area contributed by atoms with Gasteiger partial charge in [-0.15, -0.1) is 0 Å². The van der Waals surface area contributed by atoms with Crippen molar-refractivity contribution in [3.63, 3.8) is 0 Å². The third-order valence-electron chi connectivity index (χ3n) is 3.59. The van der Waals surface area contributed by atoms with Crippen molar-refractivity contribution >= 4 is 34.6 Å². The number of anilines is 1. The van der Waals surface area contributed by atoms with Crippen LogP contribution in [0.15, 0.2) is 57.8 Å². The van der Waals surface area contributed by atoms with Gasteiger partial charge in [0.25, 0.3) is 5.91 Å². The molecule has 3 heterocycles. The summed E-state index contributed by atoms with van der Waals surface area (Å²) < 4.78 is 18.3. The normalized spacial score (nSPS) is 19.3. The Morgan fingerprint density at radius 2 is 2.09 bits per heavy atom. The Morgan fingerprint density at radius 1 is 1.26 bits per heavy atom. The Hall–Kier alpha value is -2.54. The van der Waals surface area contributed by atoms with E-state index in [1.807, 2.05) is 4.90 Å². The van der Waals surface area contributed by atoms with Gasteiger partial charge in [0.1, 0.15) is 23.9 Å². The maximum absolute atomic E-state index is 13.0. The van der Waals surface area contributed by atoms with Crippen molar-refractivity contribution in [1.82, 2.24) is 4.90 Å². The highest BCUT2D eigenvalue weighted by Crippen LogP contribution is 2.30. The average Bonchev–Trinajstić information content (AvgIpc) is 3.17.